The van der Waals surface area contributed by atoms with Crippen LogP contribution in [0.1, 0.15) is 53.1 Å². The molecule has 0 unspecified atom stereocenters. The molecule has 29 heavy (non-hydrogen) atoms. The van der Waals surface area contributed by atoms with Crippen LogP contribution in [-0.4, -0.2) is 59.0 Å². The lowest BCUT2D eigenvalue weighted by molar-refractivity contribution is -0.146. The minimum absolute atomic E-state index is 0.0847. The summed E-state index contributed by atoms with van der Waals surface area (Å²) in [5, 5.41) is 0. The molecule has 6 nitrogen and oxygen atoms in total. The summed E-state index contributed by atoms with van der Waals surface area (Å²) in [5.41, 5.74) is 4.67. The topological polar surface area (TPSA) is 58.6 Å². The van der Waals surface area contributed by atoms with E-state index >= 15 is 0 Å². The molecule has 152 valence electrons. The van der Waals surface area contributed by atoms with Crippen molar-refractivity contribution >= 4 is 5.91 Å². The predicted octanol–water partition coefficient (Wildman–Crippen LogP) is 2.48. The summed E-state index contributed by atoms with van der Waals surface area (Å²) >= 11 is 0. The third-order valence-electron chi connectivity index (χ3n) is 6.46. The van der Waals surface area contributed by atoms with Gasteiger partial charge < -0.3 is 14.5 Å². The maximum Gasteiger partial charge on any atom is 0.256 e. The van der Waals surface area contributed by atoms with Gasteiger partial charge in [0.05, 0.1) is 6.61 Å². The Morgan fingerprint density at radius 2 is 2.07 bits per heavy atom. The molecule has 5 rings (SSSR count). The van der Waals surface area contributed by atoms with Gasteiger partial charge in [-0.15, -0.1) is 0 Å². The van der Waals surface area contributed by atoms with E-state index < -0.39 is 6.10 Å². The Labute approximate surface area is 171 Å². The van der Waals surface area contributed by atoms with Crippen LogP contribution in [0.4, 0.5) is 0 Å². The summed E-state index contributed by atoms with van der Waals surface area (Å²) in [5.74, 6) is 1.19. The molecule has 1 saturated heterocycles. The fraction of sp³-hybridized carbons (Fsp3) is 0.522. The van der Waals surface area contributed by atoms with Crippen LogP contribution >= 0.6 is 0 Å². The normalized spacial score (nSPS) is 24.7. The van der Waals surface area contributed by atoms with Crippen molar-refractivity contribution in [3.63, 3.8) is 0 Å². The summed E-state index contributed by atoms with van der Waals surface area (Å²) in [6.45, 7) is 4.03. The number of fused-ring (bicyclic) bond motifs is 2. The van der Waals surface area contributed by atoms with Gasteiger partial charge in [0, 0.05) is 56.0 Å². The fourth-order valence-corrected chi connectivity index (χ4v) is 4.82. The average molecular weight is 393 g/mol. The average Bonchev–Trinajstić information content (AvgIpc) is 2.78. The molecule has 3 aliphatic rings. The number of carbonyl (C=O) groups excluding carboxylic acids is 1. The van der Waals surface area contributed by atoms with Gasteiger partial charge in [0.2, 0.25) is 0 Å². The van der Waals surface area contributed by atoms with Crippen molar-refractivity contribution in [2.75, 3.05) is 33.3 Å². The third-order valence-corrected chi connectivity index (χ3v) is 6.46. The van der Waals surface area contributed by atoms with Gasteiger partial charge in [-0.3, -0.25) is 4.79 Å². The lowest BCUT2D eigenvalue weighted by Crippen LogP contribution is -2.43. The van der Waals surface area contributed by atoms with Crippen LogP contribution in [0.15, 0.2) is 30.5 Å². The highest BCUT2D eigenvalue weighted by Crippen LogP contribution is 2.32. The highest BCUT2D eigenvalue weighted by atomic mass is 16.5. The van der Waals surface area contributed by atoms with E-state index in [1.165, 1.54) is 16.8 Å². The Bertz CT molecular complexity index is 916. The summed E-state index contributed by atoms with van der Waals surface area (Å²) in [6, 6.07) is 8.16. The van der Waals surface area contributed by atoms with Crippen LogP contribution in [0.5, 0.6) is 0 Å². The van der Waals surface area contributed by atoms with Crippen molar-refractivity contribution in [3.05, 3.63) is 58.7 Å². The lowest BCUT2D eigenvalue weighted by Gasteiger charge is -2.36. The SMILES string of the molecule is CN1CCc2nc([C@H]3CCCN(C(=O)[C@@H]4OCCc5ccccc54)C3)ncc2C1. The number of aromatic nitrogens is 2. The monoisotopic (exact) mass is 392 g/mol. The number of likely N-dealkylation sites (N-methyl/N-ethyl adjacent to an activating group) is 1. The van der Waals surface area contributed by atoms with Crippen LogP contribution in [-0.2, 0) is 28.9 Å². The van der Waals surface area contributed by atoms with Gasteiger partial charge >= 0.3 is 0 Å². The van der Waals surface area contributed by atoms with E-state index in [1.54, 1.807) is 0 Å². The van der Waals surface area contributed by atoms with Crippen LogP contribution in [0.2, 0.25) is 0 Å². The van der Waals surface area contributed by atoms with Gasteiger partial charge in [0.15, 0.2) is 6.10 Å². The zero-order valence-electron chi connectivity index (χ0n) is 17.0. The van der Waals surface area contributed by atoms with E-state index in [2.05, 4.69) is 23.0 Å². The number of amides is 1. The fourth-order valence-electron chi connectivity index (χ4n) is 4.82. The number of piperidine rings is 1. The smallest absolute Gasteiger partial charge is 0.256 e. The highest BCUT2D eigenvalue weighted by molar-refractivity contribution is 5.83. The first-order valence-electron chi connectivity index (χ1n) is 10.7. The van der Waals surface area contributed by atoms with Gasteiger partial charge in [-0.1, -0.05) is 24.3 Å². The molecule has 1 fully saturated rings. The first kappa shape index (κ1) is 18.7. The van der Waals surface area contributed by atoms with Crippen LogP contribution in [0.3, 0.4) is 0 Å². The molecule has 0 N–H and O–H groups in total. The molecule has 1 aromatic heterocycles. The molecular formula is C23H28N4O2. The molecule has 2 atom stereocenters. The Kier molecular flexibility index (Phi) is 5.06. The Hall–Kier alpha value is -2.31. The summed E-state index contributed by atoms with van der Waals surface area (Å²) < 4.78 is 5.92. The quantitative estimate of drug-likeness (QED) is 0.786. The summed E-state index contributed by atoms with van der Waals surface area (Å²) in [6.07, 6.45) is 5.38. The van der Waals surface area contributed by atoms with Crippen LogP contribution < -0.4 is 0 Å². The second kappa shape index (κ2) is 7.84. The van der Waals surface area contributed by atoms with Crippen molar-refractivity contribution < 1.29 is 9.53 Å². The van der Waals surface area contributed by atoms with Gasteiger partial charge in [-0.05, 0) is 37.4 Å². The van der Waals surface area contributed by atoms with Crippen LogP contribution in [0.25, 0.3) is 0 Å². The van der Waals surface area contributed by atoms with Gasteiger partial charge in [-0.2, -0.15) is 0 Å². The highest BCUT2D eigenvalue weighted by Gasteiger charge is 2.34. The van der Waals surface area contributed by atoms with Crippen LogP contribution in [0, 0.1) is 0 Å². The largest absolute Gasteiger partial charge is 0.363 e. The number of nitrogens with zero attached hydrogens (tertiary/aromatic N) is 4. The molecule has 1 aromatic carbocycles. The first-order chi connectivity index (χ1) is 14.2. The molecule has 0 saturated carbocycles. The molecule has 4 heterocycles. The number of hydrogen-bond acceptors (Lipinski definition) is 5. The Morgan fingerprint density at radius 1 is 1.17 bits per heavy atom. The standard InChI is InChI=1S/C23H28N4O2/c1-26-11-8-20-18(14-26)13-24-22(25-20)17-6-4-10-27(15-17)23(28)21-19-7-3-2-5-16(19)9-12-29-21/h2-3,5,7,13,17,21H,4,6,8-12,14-15H2,1H3/t17-,21+/m0/s1. The molecule has 3 aliphatic heterocycles. The molecule has 0 aliphatic carbocycles. The Balaban J connectivity index is 1.33. The van der Waals surface area contributed by atoms with E-state index in [0.29, 0.717) is 13.2 Å². The van der Waals surface area contributed by atoms with Gasteiger partial charge in [-0.25, -0.2) is 9.97 Å². The third kappa shape index (κ3) is 3.67. The predicted molar refractivity (Wildman–Crippen MR) is 109 cm³/mol. The van der Waals surface area contributed by atoms with Crippen molar-refractivity contribution in [3.8, 4) is 0 Å². The number of hydrogen-bond donors (Lipinski definition) is 0. The van der Waals surface area contributed by atoms with Gasteiger partial charge in [0.1, 0.15) is 5.82 Å². The zero-order chi connectivity index (χ0) is 19.8. The number of likely N-dealkylation sites (tertiary alicyclic amines) is 1. The maximum atomic E-state index is 13.3. The second-order valence-electron chi connectivity index (χ2n) is 8.51. The van der Waals surface area contributed by atoms with E-state index in [-0.39, 0.29) is 11.8 Å². The number of carbonyl (C=O) groups is 1. The molecule has 0 spiro atoms. The van der Waals surface area contributed by atoms with Crippen molar-refractivity contribution in [2.24, 2.45) is 0 Å². The number of benzene rings is 1. The minimum Gasteiger partial charge on any atom is -0.363 e. The molecule has 1 amide bonds. The molecule has 0 radical (unpaired) electrons. The molecule has 2 aromatic rings. The second-order valence-corrected chi connectivity index (χ2v) is 8.51. The van der Waals surface area contributed by atoms with E-state index in [0.717, 1.165) is 56.7 Å². The van der Waals surface area contributed by atoms with E-state index in [1.807, 2.05) is 29.3 Å². The van der Waals surface area contributed by atoms with Crippen molar-refractivity contribution in [1.29, 1.82) is 0 Å². The minimum atomic E-state index is -0.473. The zero-order valence-corrected chi connectivity index (χ0v) is 17.0. The molecular weight excluding hydrogens is 364 g/mol. The van der Waals surface area contributed by atoms with E-state index in [9.17, 15) is 4.79 Å². The number of ether oxygens (including phenoxy) is 1. The molecule has 6 heteroatoms. The first-order valence-corrected chi connectivity index (χ1v) is 10.7. The Morgan fingerprint density at radius 3 is 3.00 bits per heavy atom. The summed E-state index contributed by atoms with van der Waals surface area (Å²) in [7, 11) is 2.13. The van der Waals surface area contributed by atoms with Crippen molar-refractivity contribution in [2.45, 2.75) is 44.2 Å². The lowest BCUT2D eigenvalue weighted by atomic mass is 9.93. The van der Waals surface area contributed by atoms with Gasteiger partial charge in [0.25, 0.3) is 5.91 Å². The summed E-state index contributed by atoms with van der Waals surface area (Å²) in [4.78, 5) is 27.2. The molecule has 0 bridgehead atoms. The van der Waals surface area contributed by atoms with Crippen molar-refractivity contribution in [1.82, 2.24) is 19.8 Å². The number of rotatable bonds is 2. The van der Waals surface area contributed by atoms with E-state index in [4.69, 9.17) is 9.72 Å². The maximum absolute atomic E-state index is 13.3.